The number of nitrogens with zero attached hydrogens (tertiary/aromatic N) is 4. The highest BCUT2D eigenvalue weighted by Crippen LogP contribution is 2.57. The van der Waals surface area contributed by atoms with Crippen LogP contribution < -0.4 is 25.9 Å². The first-order valence-corrected chi connectivity index (χ1v) is 30.7. The topological polar surface area (TPSA) is 32.3 Å². The molecule has 0 saturated heterocycles. The lowest BCUT2D eigenvalue weighted by Gasteiger charge is -2.52. The van der Waals surface area contributed by atoms with E-state index in [-0.39, 0.29) is 40.2 Å². The third-order valence-corrected chi connectivity index (χ3v) is 19.5. The minimum atomic E-state index is -0.139. The van der Waals surface area contributed by atoms with Gasteiger partial charge in [0.2, 0.25) is 6.71 Å². The summed E-state index contributed by atoms with van der Waals surface area (Å²) in [6, 6.07) is 74.7. The second-order valence-corrected chi connectivity index (χ2v) is 29.1. The standard InChI is InChI=1S/C80H71BN4/c1-77(2,3)54-40-55(78(4,5)6)43-58(42-54)84-66-38-53(76-82-65-27-17-16-26-60(65)73(83-76)50-20-14-13-15-21-50)39-67-72(66)81(63-36-51-30-28-46-22-18-24-48-32-34-61(74(63)84)70(51)68(46)48)64-37-52-31-29-47-23-19-25-49-33-35-62(71(52)69(47)49)75(64)85(67)59-44-56(79(7,8)9)41-57(45-59)80(10,11)12/h13-45,63,74H,1-12H3. The van der Waals surface area contributed by atoms with Crippen LogP contribution in [0.4, 0.5) is 28.4 Å². The number of aromatic nitrogens is 2. The van der Waals surface area contributed by atoms with E-state index >= 15 is 0 Å². The van der Waals surface area contributed by atoms with Crippen molar-refractivity contribution < 1.29 is 0 Å². The number of para-hydroxylation sites is 1. The van der Waals surface area contributed by atoms with Gasteiger partial charge >= 0.3 is 0 Å². The molecule has 12 aromatic carbocycles. The number of hydrogen-bond donors (Lipinski definition) is 0. The van der Waals surface area contributed by atoms with Crippen molar-refractivity contribution in [1.29, 1.82) is 0 Å². The SMILES string of the molecule is CC(C)(C)c1cc(N2c3cc(-c4nc(-c5ccccc5)c5ccccc5n4)cc4c3B(c3cc5ccc6cccc7ccc(c32)c5c67)C2C=c3ccc5cccc6ccc(c3c65)C2N4c2cc(C(C)(C)C)cc(C(C)(C)C)c2)cc(C(C)(C)C)c1. The van der Waals surface area contributed by atoms with E-state index in [2.05, 4.69) is 293 Å². The summed E-state index contributed by atoms with van der Waals surface area (Å²) in [5.41, 5.74) is 18.7. The molecule has 5 heteroatoms. The van der Waals surface area contributed by atoms with Crippen molar-refractivity contribution in [1.82, 2.24) is 9.97 Å². The predicted molar refractivity (Wildman–Crippen MR) is 365 cm³/mol. The maximum atomic E-state index is 5.75. The molecule has 3 aliphatic rings. The molecular weight excluding hydrogens is 1030 g/mol. The zero-order valence-corrected chi connectivity index (χ0v) is 51.1. The van der Waals surface area contributed by atoms with Gasteiger partial charge in [0.1, 0.15) is 0 Å². The lowest BCUT2D eigenvalue weighted by atomic mass is 9.28. The van der Waals surface area contributed by atoms with Gasteiger partial charge < -0.3 is 9.80 Å². The first-order chi connectivity index (χ1) is 40.7. The Kier molecular flexibility index (Phi) is 10.9. The van der Waals surface area contributed by atoms with Crippen LogP contribution in [-0.4, -0.2) is 16.7 Å². The summed E-state index contributed by atoms with van der Waals surface area (Å²) < 4.78 is 0. The highest BCUT2D eigenvalue weighted by Gasteiger charge is 2.52. The number of rotatable bonds is 4. The lowest BCUT2D eigenvalue weighted by Crippen LogP contribution is -2.60. The zero-order chi connectivity index (χ0) is 58.4. The van der Waals surface area contributed by atoms with E-state index < -0.39 is 0 Å². The molecule has 4 nitrogen and oxygen atoms in total. The molecule has 2 aliphatic heterocycles. The lowest BCUT2D eigenvalue weighted by molar-refractivity contribution is 0.567. The molecule has 3 heterocycles. The second-order valence-electron chi connectivity index (χ2n) is 29.1. The summed E-state index contributed by atoms with van der Waals surface area (Å²) in [5, 5.41) is 15.3. The molecule has 2 atom stereocenters. The van der Waals surface area contributed by atoms with Crippen LogP contribution in [0.2, 0.25) is 5.82 Å². The van der Waals surface area contributed by atoms with E-state index in [1.807, 2.05) is 0 Å². The minimum absolute atomic E-state index is 0.00475. The van der Waals surface area contributed by atoms with Gasteiger partial charge in [-0.3, -0.25) is 0 Å². The van der Waals surface area contributed by atoms with Gasteiger partial charge in [0.05, 0.1) is 17.3 Å². The fourth-order valence-corrected chi connectivity index (χ4v) is 15.0. The van der Waals surface area contributed by atoms with E-state index in [0.717, 1.165) is 33.4 Å². The maximum absolute atomic E-state index is 5.75. The fourth-order valence-electron chi connectivity index (χ4n) is 15.0. The molecule has 414 valence electrons. The average molecular weight is 1100 g/mol. The molecule has 0 N–H and O–H groups in total. The molecular formula is C80H71BN4. The van der Waals surface area contributed by atoms with Crippen molar-refractivity contribution in [2.45, 2.75) is 117 Å². The van der Waals surface area contributed by atoms with E-state index in [9.17, 15) is 0 Å². The Balaban J connectivity index is 1.12. The Morgan fingerprint density at radius 3 is 1.59 bits per heavy atom. The third kappa shape index (κ3) is 7.88. The Morgan fingerprint density at radius 2 is 0.953 bits per heavy atom. The Hall–Kier alpha value is -8.80. The first kappa shape index (κ1) is 51.8. The molecule has 1 aromatic heterocycles. The van der Waals surface area contributed by atoms with Gasteiger partial charge in [0, 0.05) is 50.3 Å². The van der Waals surface area contributed by atoms with Gasteiger partial charge in [-0.2, -0.15) is 0 Å². The van der Waals surface area contributed by atoms with Crippen molar-refractivity contribution in [2.24, 2.45) is 0 Å². The van der Waals surface area contributed by atoms with Crippen LogP contribution in [-0.2, 0) is 21.7 Å². The zero-order valence-electron chi connectivity index (χ0n) is 51.1. The molecule has 13 aromatic rings. The minimum Gasteiger partial charge on any atom is -0.334 e. The summed E-state index contributed by atoms with van der Waals surface area (Å²) in [7, 11) is 0. The fraction of sp³-hybridized carbons (Fsp3) is 0.225. The Labute approximate surface area is 500 Å². The number of anilines is 5. The highest BCUT2D eigenvalue weighted by molar-refractivity contribution is 6.92. The molecule has 85 heavy (non-hydrogen) atoms. The summed E-state index contributed by atoms with van der Waals surface area (Å²) >= 11 is 0. The average Bonchev–Trinajstić information content (AvgIpc) is 0.711. The Morgan fingerprint density at radius 1 is 0.412 bits per heavy atom. The Bertz CT molecular complexity index is 4930. The number of hydrogen-bond acceptors (Lipinski definition) is 4. The molecule has 16 rings (SSSR count). The van der Waals surface area contributed by atoms with E-state index in [1.54, 1.807) is 0 Å². The van der Waals surface area contributed by atoms with E-state index in [0.29, 0.717) is 5.82 Å². The van der Waals surface area contributed by atoms with Crippen molar-refractivity contribution >= 4 is 117 Å². The number of fused-ring (bicyclic) bond motifs is 7. The van der Waals surface area contributed by atoms with Crippen LogP contribution in [0.1, 0.15) is 117 Å². The molecule has 1 aliphatic carbocycles. The maximum Gasteiger partial charge on any atom is 0.226 e. The van der Waals surface area contributed by atoms with E-state index in [1.165, 1.54) is 121 Å². The molecule has 0 radical (unpaired) electrons. The quantitative estimate of drug-likeness (QED) is 0.130. The van der Waals surface area contributed by atoms with Gasteiger partial charge in [-0.05, 0) is 162 Å². The van der Waals surface area contributed by atoms with Crippen LogP contribution in [0.15, 0.2) is 194 Å². The van der Waals surface area contributed by atoms with Crippen molar-refractivity contribution in [2.75, 3.05) is 9.80 Å². The first-order valence-electron chi connectivity index (χ1n) is 30.7. The van der Waals surface area contributed by atoms with Gasteiger partial charge in [-0.25, -0.2) is 9.97 Å². The summed E-state index contributed by atoms with van der Waals surface area (Å²) in [6.45, 7) is 28.4. The van der Waals surface area contributed by atoms with Crippen LogP contribution in [0.3, 0.4) is 0 Å². The largest absolute Gasteiger partial charge is 0.334 e. The van der Waals surface area contributed by atoms with Crippen molar-refractivity contribution in [3.63, 3.8) is 0 Å². The number of benzene rings is 12. The summed E-state index contributed by atoms with van der Waals surface area (Å²) in [6.07, 6.45) is 2.70. The predicted octanol–water partition coefficient (Wildman–Crippen LogP) is 19.5. The van der Waals surface area contributed by atoms with Gasteiger partial charge in [-0.15, -0.1) is 0 Å². The normalized spacial score (nSPS) is 16.0. The van der Waals surface area contributed by atoms with Gasteiger partial charge in [0.15, 0.2) is 5.82 Å². The molecule has 2 unspecified atom stereocenters. The van der Waals surface area contributed by atoms with Gasteiger partial charge in [0.25, 0.3) is 0 Å². The smallest absolute Gasteiger partial charge is 0.226 e. The monoisotopic (exact) mass is 1100 g/mol. The third-order valence-electron chi connectivity index (χ3n) is 19.5. The van der Waals surface area contributed by atoms with Crippen molar-refractivity contribution in [3.8, 4) is 22.6 Å². The molecule has 0 fully saturated rings. The van der Waals surface area contributed by atoms with E-state index in [4.69, 9.17) is 9.97 Å². The summed E-state index contributed by atoms with van der Waals surface area (Å²) in [5.74, 6) is 0.709. The second kappa shape index (κ2) is 17.9. The molecule has 0 bridgehead atoms. The highest BCUT2D eigenvalue weighted by atomic mass is 15.2. The van der Waals surface area contributed by atoms with Crippen LogP contribution in [0, 0.1) is 0 Å². The van der Waals surface area contributed by atoms with Crippen LogP contribution in [0.5, 0.6) is 0 Å². The van der Waals surface area contributed by atoms with Crippen LogP contribution in [0.25, 0.3) is 93.5 Å². The van der Waals surface area contributed by atoms with Crippen LogP contribution >= 0.6 is 0 Å². The molecule has 0 saturated carbocycles. The molecule has 0 spiro atoms. The van der Waals surface area contributed by atoms with Crippen molar-refractivity contribution in [3.05, 3.63) is 227 Å². The summed E-state index contributed by atoms with van der Waals surface area (Å²) in [4.78, 5) is 16.9. The van der Waals surface area contributed by atoms with Gasteiger partial charge in [-0.1, -0.05) is 241 Å². The molecule has 0 amide bonds.